The normalized spacial score (nSPS) is 12.2. The van der Waals surface area contributed by atoms with Gasteiger partial charge >= 0.3 is 0 Å². The van der Waals surface area contributed by atoms with Crippen LogP contribution in [0.4, 0.5) is 0 Å². The highest BCUT2D eigenvalue weighted by atomic mass is 32.2. The second kappa shape index (κ2) is 7.28. The first-order valence-corrected chi connectivity index (χ1v) is 9.07. The van der Waals surface area contributed by atoms with Crippen molar-refractivity contribution in [1.82, 2.24) is 5.32 Å². The molecule has 0 aliphatic rings. The highest BCUT2D eigenvalue weighted by Crippen LogP contribution is 2.13. The van der Waals surface area contributed by atoms with E-state index >= 15 is 0 Å². The van der Waals surface area contributed by atoms with Gasteiger partial charge in [0.15, 0.2) is 9.84 Å². The summed E-state index contributed by atoms with van der Waals surface area (Å²) in [6.45, 7) is 3.53. The molecule has 0 bridgehead atoms. The molecule has 0 fully saturated rings. The smallest absolute Gasteiger partial charge is 0.251 e. The second-order valence-corrected chi connectivity index (χ2v) is 7.69. The number of amides is 1. The average Bonchev–Trinajstić information content (AvgIpc) is 2.54. The van der Waals surface area contributed by atoms with Crippen molar-refractivity contribution in [1.29, 1.82) is 5.26 Å². The molecule has 0 heterocycles. The van der Waals surface area contributed by atoms with E-state index in [-0.39, 0.29) is 16.6 Å². The van der Waals surface area contributed by atoms with E-state index < -0.39 is 15.9 Å². The lowest BCUT2D eigenvalue weighted by molar-refractivity contribution is 0.0943. The Morgan fingerprint density at radius 3 is 2.25 bits per heavy atom. The largest absolute Gasteiger partial charge is 0.349 e. The van der Waals surface area contributed by atoms with Crippen LogP contribution in [0.3, 0.4) is 0 Å². The zero-order chi connectivity index (χ0) is 17.7. The molecule has 0 aromatic heterocycles. The summed E-state index contributed by atoms with van der Waals surface area (Å²) in [6, 6.07) is 14.2. The van der Waals surface area contributed by atoms with Gasteiger partial charge in [0.05, 0.1) is 22.3 Å². The molecule has 0 aliphatic heterocycles. The molecule has 2 aromatic rings. The van der Waals surface area contributed by atoms with Crippen LogP contribution < -0.4 is 5.32 Å². The molecule has 1 amide bonds. The molecular formula is C18H18N2O3S. The summed E-state index contributed by atoms with van der Waals surface area (Å²) in [6.07, 6.45) is 0. The van der Waals surface area contributed by atoms with Gasteiger partial charge in [-0.25, -0.2) is 8.42 Å². The van der Waals surface area contributed by atoms with Gasteiger partial charge in [0.2, 0.25) is 0 Å². The first-order valence-electron chi connectivity index (χ1n) is 7.42. The van der Waals surface area contributed by atoms with Crippen LogP contribution in [0.25, 0.3) is 0 Å². The van der Waals surface area contributed by atoms with Crippen LogP contribution in [0.1, 0.15) is 28.4 Å². The molecule has 24 heavy (non-hydrogen) atoms. The maximum atomic E-state index is 12.4. The Kier molecular flexibility index (Phi) is 5.37. The number of benzene rings is 2. The van der Waals surface area contributed by atoms with Crippen LogP contribution in [0.2, 0.25) is 0 Å². The molecule has 2 aromatic carbocycles. The van der Waals surface area contributed by atoms with Crippen molar-refractivity contribution in [3.8, 4) is 6.07 Å². The fourth-order valence-electron chi connectivity index (χ4n) is 2.22. The Morgan fingerprint density at radius 1 is 1.12 bits per heavy atom. The monoisotopic (exact) mass is 342 g/mol. The van der Waals surface area contributed by atoms with Crippen LogP contribution in [0.5, 0.6) is 0 Å². The van der Waals surface area contributed by atoms with Crippen molar-refractivity contribution in [2.45, 2.75) is 24.8 Å². The summed E-state index contributed by atoms with van der Waals surface area (Å²) >= 11 is 0. The lowest BCUT2D eigenvalue weighted by Crippen LogP contribution is -2.37. The summed E-state index contributed by atoms with van der Waals surface area (Å²) < 4.78 is 24.7. The number of carbonyl (C=O) groups excluding carboxylic acids is 1. The maximum absolute atomic E-state index is 12.4. The third kappa shape index (κ3) is 4.43. The Morgan fingerprint density at radius 2 is 1.71 bits per heavy atom. The van der Waals surface area contributed by atoms with Crippen molar-refractivity contribution in [3.63, 3.8) is 0 Å². The standard InChI is InChI=1S/C18H18N2O3S/c1-13-3-9-17(10-4-13)24(22,23)12-14(2)20-18(21)16-7-5-15(11-19)6-8-16/h3-10,14H,12H2,1-2H3,(H,20,21)/t14-/m1/s1. The third-order valence-corrected chi connectivity index (χ3v) is 5.43. The van der Waals surface area contributed by atoms with E-state index in [4.69, 9.17) is 5.26 Å². The van der Waals surface area contributed by atoms with Gasteiger partial charge in [0.25, 0.3) is 5.91 Å². The van der Waals surface area contributed by atoms with E-state index in [0.29, 0.717) is 11.1 Å². The second-order valence-electron chi connectivity index (χ2n) is 5.66. The third-order valence-electron chi connectivity index (χ3n) is 3.50. The minimum Gasteiger partial charge on any atom is -0.349 e. The van der Waals surface area contributed by atoms with Gasteiger partial charge < -0.3 is 5.32 Å². The van der Waals surface area contributed by atoms with Crippen LogP contribution in [-0.4, -0.2) is 26.1 Å². The minimum atomic E-state index is -3.47. The number of nitriles is 1. The average molecular weight is 342 g/mol. The molecule has 5 nitrogen and oxygen atoms in total. The summed E-state index contributed by atoms with van der Waals surface area (Å²) in [5, 5.41) is 11.4. The van der Waals surface area contributed by atoms with Crippen molar-refractivity contribution in [2.75, 3.05) is 5.75 Å². The molecule has 0 radical (unpaired) electrons. The van der Waals surface area contributed by atoms with Gasteiger partial charge in [-0.2, -0.15) is 5.26 Å². The first-order chi connectivity index (χ1) is 11.3. The number of hydrogen-bond acceptors (Lipinski definition) is 4. The summed E-state index contributed by atoms with van der Waals surface area (Å²) in [5.74, 6) is -0.552. The van der Waals surface area contributed by atoms with E-state index in [2.05, 4.69) is 5.32 Å². The lowest BCUT2D eigenvalue weighted by Gasteiger charge is -2.14. The summed E-state index contributed by atoms with van der Waals surface area (Å²) in [7, 11) is -3.47. The molecule has 0 aliphatic carbocycles. The van der Waals surface area contributed by atoms with Crippen LogP contribution in [0.15, 0.2) is 53.4 Å². The Labute approximate surface area is 141 Å². The van der Waals surface area contributed by atoms with Gasteiger partial charge in [0.1, 0.15) is 0 Å². The fourth-order valence-corrected chi connectivity index (χ4v) is 3.70. The van der Waals surface area contributed by atoms with Gasteiger partial charge in [0, 0.05) is 11.6 Å². The van der Waals surface area contributed by atoms with Gasteiger partial charge in [-0.3, -0.25) is 4.79 Å². The van der Waals surface area contributed by atoms with Crippen molar-refractivity contribution in [2.24, 2.45) is 0 Å². The topological polar surface area (TPSA) is 87.0 Å². The number of rotatable bonds is 5. The number of nitrogens with one attached hydrogen (secondary N) is 1. The molecule has 0 spiro atoms. The molecular weight excluding hydrogens is 324 g/mol. The molecule has 2 rings (SSSR count). The van der Waals surface area contributed by atoms with Crippen molar-refractivity contribution < 1.29 is 13.2 Å². The molecule has 1 atom stereocenters. The van der Waals surface area contributed by atoms with Crippen LogP contribution in [-0.2, 0) is 9.84 Å². The van der Waals surface area contributed by atoms with Crippen LogP contribution >= 0.6 is 0 Å². The van der Waals surface area contributed by atoms with Crippen molar-refractivity contribution >= 4 is 15.7 Å². The highest BCUT2D eigenvalue weighted by molar-refractivity contribution is 7.91. The van der Waals surface area contributed by atoms with E-state index in [9.17, 15) is 13.2 Å². The van der Waals surface area contributed by atoms with E-state index in [1.165, 1.54) is 12.1 Å². The molecule has 124 valence electrons. The number of aryl methyl sites for hydroxylation is 1. The molecule has 0 saturated heterocycles. The predicted molar refractivity (Wildman–Crippen MR) is 91.3 cm³/mol. The predicted octanol–water partition coefficient (Wildman–Crippen LogP) is 2.46. The molecule has 0 saturated carbocycles. The lowest BCUT2D eigenvalue weighted by atomic mass is 10.1. The summed E-state index contributed by atoms with van der Waals surface area (Å²) in [4.78, 5) is 12.4. The quantitative estimate of drug-likeness (QED) is 0.904. The first kappa shape index (κ1) is 17.7. The number of sulfone groups is 1. The Bertz CT molecular complexity index is 864. The van der Waals surface area contributed by atoms with E-state index in [0.717, 1.165) is 5.56 Å². The fraction of sp³-hybridized carbons (Fsp3) is 0.222. The molecule has 0 unspecified atom stereocenters. The van der Waals surface area contributed by atoms with Crippen molar-refractivity contribution in [3.05, 3.63) is 65.2 Å². The number of carbonyl (C=O) groups is 1. The SMILES string of the molecule is Cc1ccc(S(=O)(=O)C[C@@H](C)NC(=O)c2ccc(C#N)cc2)cc1. The highest BCUT2D eigenvalue weighted by Gasteiger charge is 2.20. The number of nitrogens with zero attached hydrogens (tertiary/aromatic N) is 1. The zero-order valence-electron chi connectivity index (χ0n) is 13.5. The number of hydrogen-bond donors (Lipinski definition) is 1. The minimum absolute atomic E-state index is 0.182. The van der Waals surface area contributed by atoms with E-state index in [1.54, 1.807) is 43.3 Å². The maximum Gasteiger partial charge on any atom is 0.251 e. The van der Waals surface area contributed by atoms with Gasteiger partial charge in [-0.1, -0.05) is 17.7 Å². The van der Waals surface area contributed by atoms with E-state index in [1.807, 2.05) is 13.0 Å². The van der Waals surface area contributed by atoms with Crippen LogP contribution in [0, 0.1) is 18.3 Å². The Hall–Kier alpha value is -2.65. The van der Waals surface area contributed by atoms with Gasteiger partial charge in [-0.05, 0) is 50.2 Å². The zero-order valence-corrected chi connectivity index (χ0v) is 14.3. The van der Waals surface area contributed by atoms with Gasteiger partial charge in [-0.15, -0.1) is 0 Å². The summed E-state index contributed by atoms with van der Waals surface area (Å²) in [5.41, 5.74) is 1.83. The molecule has 1 N–H and O–H groups in total. The Balaban J connectivity index is 2.03. The molecule has 6 heteroatoms.